The molecule has 2 heterocycles. The summed E-state index contributed by atoms with van der Waals surface area (Å²) in [7, 11) is 0. The van der Waals surface area contributed by atoms with Gasteiger partial charge in [0.2, 0.25) is 0 Å². The van der Waals surface area contributed by atoms with Gasteiger partial charge in [-0.1, -0.05) is 6.92 Å². The van der Waals surface area contributed by atoms with Crippen LogP contribution in [0.2, 0.25) is 0 Å². The molecule has 3 nitrogen and oxygen atoms in total. The molecule has 0 aromatic carbocycles. The van der Waals surface area contributed by atoms with Gasteiger partial charge in [-0.05, 0) is 44.8 Å². The summed E-state index contributed by atoms with van der Waals surface area (Å²) in [5, 5.41) is 3.47. The number of piperidine rings is 1. The minimum atomic E-state index is 0.717. The first-order valence-electron chi connectivity index (χ1n) is 6.42. The molecule has 2 aliphatic rings. The van der Waals surface area contributed by atoms with Crippen LogP contribution in [-0.2, 0) is 4.74 Å². The Labute approximate surface area is 93.2 Å². The molecule has 88 valence electrons. The van der Waals surface area contributed by atoms with E-state index in [0.29, 0.717) is 0 Å². The van der Waals surface area contributed by atoms with E-state index in [1.807, 2.05) is 0 Å². The lowest BCUT2D eigenvalue weighted by Crippen LogP contribution is -2.45. The molecule has 3 heteroatoms. The summed E-state index contributed by atoms with van der Waals surface area (Å²) in [4.78, 5) is 2.65. The molecule has 2 saturated heterocycles. The maximum Gasteiger partial charge on any atom is 0.0622 e. The van der Waals surface area contributed by atoms with Gasteiger partial charge in [0.1, 0.15) is 0 Å². The SMILES string of the molecule is CCNCC1CCCN(C2CCOC2)C1. The van der Waals surface area contributed by atoms with Crippen LogP contribution in [0.5, 0.6) is 0 Å². The van der Waals surface area contributed by atoms with E-state index >= 15 is 0 Å². The third-order valence-corrected chi connectivity index (χ3v) is 3.66. The Balaban J connectivity index is 1.75. The van der Waals surface area contributed by atoms with Crippen molar-refractivity contribution in [2.24, 2.45) is 5.92 Å². The first kappa shape index (κ1) is 11.4. The second-order valence-corrected chi connectivity index (χ2v) is 4.83. The molecule has 0 amide bonds. The van der Waals surface area contributed by atoms with Crippen molar-refractivity contribution in [2.45, 2.75) is 32.2 Å². The fourth-order valence-electron chi connectivity index (χ4n) is 2.75. The number of nitrogens with zero attached hydrogens (tertiary/aromatic N) is 1. The van der Waals surface area contributed by atoms with E-state index in [2.05, 4.69) is 17.1 Å². The third-order valence-electron chi connectivity index (χ3n) is 3.66. The van der Waals surface area contributed by atoms with Crippen molar-refractivity contribution in [1.29, 1.82) is 0 Å². The summed E-state index contributed by atoms with van der Waals surface area (Å²) in [6, 6.07) is 0.717. The number of hydrogen-bond donors (Lipinski definition) is 1. The molecule has 2 rings (SSSR count). The molecule has 0 aromatic rings. The Morgan fingerprint density at radius 1 is 1.40 bits per heavy atom. The summed E-state index contributed by atoms with van der Waals surface area (Å²) in [6.45, 7) is 8.99. The van der Waals surface area contributed by atoms with Crippen LogP contribution in [-0.4, -0.2) is 50.3 Å². The van der Waals surface area contributed by atoms with Crippen LogP contribution in [0, 0.1) is 5.92 Å². The zero-order valence-electron chi connectivity index (χ0n) is 9.87. The van der Waals surface area contributed by atoms with Crippen molar-refractivity contribution in [2.75, 3.05) is 39.4 Å². The van der Waals surface area contributed by atoms with Crippen molar-refractivity contribution in [3.05, 3.63) is 0 Å². The van der Waals surface area contributed by atoms with E-state index in [-0.39, 0.29) is 0 Å². The van der Waals surface area contributed by atoms with E-state index in [0.717, 1.165) is 31.7 Å². The Kier molecular flexibility index (Phi) is 4.42. The second-order valence-electron chi connectivity index (χ2n) is 4.83. The largest absolute Gasteiger partial charge is 0.380 e. The van der Waals surface area contributed by atoms with Crippen molar-refractivity contribution < 1.29 is 4.74 Å². The van der Waals surface area contributed by atoms with E-state index in [1.165, 1.54) is 38.9 Å². The normalized spacial score (nSPS) is 33.4. The molecule has 0 bridgehead atoms. The zero-order valence-corrected chi connectivity index (χ0v) is 9.87. The lowest BCUT2D eigenvalue weighted by atomic mass is 9.96. The quantitative estimate of drug-likeness (QED) is 0.755. The van der Waals surface area contributed by atoms with Crippen LogP contribution < -0.4 is 5.32 Å². The standard InChI is InChI=1S/C12H24N2O/c1-2-13-8-11-4-3-6-14(9-11)12-5-7-15-10-12/h11-13H,2-10H2,1H3. The predicted octanol–water partition coefficient (Wildman–Crippen LogP) is 1.10. The predicted molar refractivity (Wildman–Crippen MR) is 62.1 cm³/mol. The van der Waals surface area contributed by atoms with Gasteiger partial charge < -0.3 is 10.1 Å². The number of hydrogen-bond acceptors (Lipinski definition) is 3. The summed E-state index contributed by atoms with van der Waals surface area (Å²) >= 11 is 0. The van der Waals surface area contributed by atoms with Crippen molar-refractivity contribution in [3.63, 3.8) is 0 Å². The number of rotatable bonds is 4. The highest BCUT2D eigenvalue weighted by molar-refractivity contribution is 4.82. The van der Waals surface area contributed by atoms with Crippen molar-refractivity contribution >= 4 is 0 Å². The average molecular weight is 212 g/mol. The first-order valence-corrected chi connectivity index (χ1v) is 6.42. The monoisotopic (exact) mass is 212 g/mol. The van der Waals surface area contributed by atoms with Crippen LogP contribution in [0.1, 0.15) is 26.2 Å². The highest BCUT2D eigenvalue weighted by atomic mass is 16.5. The van der Waals surface area contributed by atoms with Crippen LogP contribution >= 0.6 is 0 Å². The van der Waals surface area contributed by atoms with Gasteiger partial charge in [-0.3, -0.25) is 4.90 Å². The minimum Gasteiger partial charge on any atom is -0.380 e. The average Bonchev–Trinajstić information content (AvgIpc) is 2.80. The molecule has 15 heavy (non-hydrogen) atoms. The lowest BCUT2D eigenvalue weighted by Gasteiger charge is -2.36. The molecule has 1 N–H and O–H groups in total. The molecular weight excluding hydrogens is 188 g/mol. The maximum atomic E-state index is 5.47. The van der Waals surface area contributed by atoms with Gasteiger partial charge in [-0.2, -0.15) is 0 Å². The van der Waals surface area contributed by atoms with Crippen LogP contribution in [0.4, 0.5) is 0 Å². The summed E-state index contributed by atoms with van der Waals surface area (Å²) < 4.78 is 5.47. The van der Waals surface area contributed by atoms with E-state index in [1.54, 1.807) is 0 Å². The fraction of sp³-hybridized carbons (Fsp3) is 1.00. The maximum absolute atomic E-state index is 5.47. The molecule has 0 radical (unpaired) electrons. The molecule has 2 unspecified atom stereocenters. The molecule has 2 aliphatic heterocycles. The van der Waals surface area contributed by atoms with Gasteiger partial charge in [-0.25, -0.2) is 0 Å². The minimum absolute atomic E-state index is 0.717. The molecule has 0 spiro atoms. The Bertz CT molecular complexity index is 180. The summed E-state index contributed by atoms with van der Waals surface area (Å²) in [6.07, 6.45) is 4.01. The topological polar surface area (TPSA) is 24.5 Å². The van der Waals surface area contributed by atoms with Crippen LogP contribution in [0.25, 0.3) is 0 Å². The molecule has 2 atom stereocenters. The van der Waals surface area contributed by atoms with Crippen molar-refractivity contribution in [1.82, 2.24) is 10.2 Å². The zero-order chi connectivity index (χ0) is 10.5. The Hall–Kier alpha value is -0.120. The molecule has 0 saturated carbocycles. The third kappa shape index (κ3) is 3.16. The fourth-order valence-corrected chi connectivity index (χ4v) is 2.75. The Morgan fingerprint density at radius 2 is 2.33 bits per heavy atom. The highest BCUT2D eigenvalue weighted by Crippen LogP contribution is 2.21. The smallest absolute Gasteiger partial charge is 0.0622 e. The van der Waals surface area contributed by atoms with Gasteiger partial charge in [0.05, 0.1) is 6.61 Å². The molecule has 0 aliphatic carbocycles. The van der Waals surface area contributed by atoms with Gasteiger partial charge in [-0.15, -0.1) is 0 Å². The van der Waals surface area contributed by atoms with Crippen LogP contribution in [0.3, 0.4) is 0 Å². The molecule has 2 fully saturated rings. The number of nitrogens with one attached hydrogen (secondary N) is 1. The number of ether oxygens (including phenoxy) is 1. The first-order chi connectivity index (χ1) is 7.40. The molecule has 0 aromatic heterocycles. The highest BCUT2D eigenvalue weighted by Gasteiger charge is 2.27. The number of likely N-dealkylation sites (tertiary alicyclic amines) is 1. The van der Waals surface area contributed by atoms with Crippen molar-refractivity contribution in [3.8, 4) is 0 Å². The molecular formula is C12H24N2O. The van der Waals surface area contributed by atoms with E-state index < -0.39 is 0 Å². The van der Waals surface area contributed by atoms with Gasteiger partial charge in [0, 0.05) is 19.2 Å². The second kappa shape index (κ2) is 5.83. The summed E-state index contributed by atoms with van der Waals surface area (Å²) in [5.74, 6) is 0.860. The van der Waals surface area contributed by atoms with Gasteiger partial charge >= 0.3 is 0 Å². The Morgan fingerprint density at radius 3 is 3.07 bits per heavy atom. The van der Waals surface area contributed by atoms with Gasteiger partial charge in [0.25, 0.3) is 0 Å². The lowest BCUT2D eigenvalue weighted by molar-refractivity contribution is 0.103. The van der Waals surface area contributed by atoms with Crippen LogP contribution in [0.15, 0.2) is 0 Å². The van der Waals surface area contributed by atoms with E-state index in [4.69, 9.17) is 4.74 Å². The summed E-state index contributed by atoms with van der Waals surface area (Å²) in [5.41, 5.74) is 0. The van der Waals surface area contributed by atoms with Gasteiger partial charge in [0.15, 0.2) is 0 Å². The van der Waals surface area contributed by atoms with E-state index in [9.17, 15) is 0 Å².